The molecule has 1 aromatic heterocycles. The summed E-state index contributed by atoms with van der Waals surface area (Å²) in [6.07, 6.45) is 2.53. The van der Waals surface area contributed by atoms with Gasteiger partial charge in [-0.25, -0.2) is 4.98 Å². The van der Waals surface area contributed by atoms with Crippen LogP contribution in [0.25, 0.3) is 0 Å². The Labute approximate surface area is 126 Å². The molecule has 1 aromatic rings. The number of nitrogens with zero attached hydrogens (tertiary/aromatic N) is 4. The van der Waals surface area contributed by atoms with Crippen molar-refractivity contribution in [2.24, 2.45) is 0 Å². The second-order valence-corrected chi connectivity index (χ2v) is 5.69. The summed E-state index contributed by atoms with van der Waals surface area (Å²) >= 11 is 0. The van der Waals surface area contributed by atoms with Gasteiger partial charge in [0.1, 0.15) is 11.8 Å². The number of nitriles is 1. The highest BCUT2D eigenvalue weighted by atomic mass is 16.2. The maximum atomic E-state index is 12.5. The summed E-state index contributed by atoms with van der Waals surface area (Å²) < 4.78 is 0. The van der Waals surface area contributed by atoms with Gasteiger partial charge >= 0.3 is 0 Å². The number of hydrogen-bond acceptors (Lipinski definition) is 4. The maximum absolute atomic E-state index is 12.5. The van der Waals surface area contributed by atoms with Crippen LogP contribution in [0.15, 0.2) is 18.3 Å². The summed E-state index contributed by atoms with van der Waals surface area (Å²) in [6.45, 7) is 8.97. The fourth-order valence-electron chi connectivity index (χ4n) is 2.87. The van der Waals surface area contributed by atoms with Gasteiger partial charge in [0.2, 0.25) is 0 Å². The van der Waals surface area contributed by atoms with Gasteiger partial charge in [0, 0.05) is 37.9 Å². The molecule has 1 aliphatic rings. The average molecular weight is 286 g/mol. The zero-order valence-electron chi connectivity index (χ0n) is 12.9. The van der Waals surface area contributed by atoms with Gasteiger partial charge in [-0.2, -0.15) is 5.26 Å². The summed E-state index contributed by atoms with van der Waals surface area (Å²) in [5.74, 6) is 0.00819. The lowest BCUT2D eigenvalue weighted by molar-refractivity contribution is 0.0371. The molecule has 0 unspecified atom stereocenters. The Morgan fingerprint density at radius 3 is 2.76 bits per heavy atom. The number of piperazine rings is 1. The lowest BCUT2D eigenvalue weighted by Crippen LogP contribution is -2.56. The highest BCUT2D eigenvalue weighted by Crippen LogP contribution is 2.17. The van der Waals surface area contributed by atoms with E-state index in [2.05, 4.69) is 30.7 Å². The van der Waals surface area contributed by atoms with E-state index < -0.39 is 0 Å². The van der Waals surface area contributed by atoms with E-state index in [-0.39, 0.29) is 5.91 Å². The predicted molar refractivity (Wildman–Crippen MR) is 80.8 cm³/mol. The van der Waals surface area contributed by atoms with Gasteiger partial charge in [-0.3, -0.25) is 9.69 Å². The van der Waals surface area contributed by atoms with Crippen molar-refractivity contribution in [3.05, 3.63) is 29.6 Å². The molecule has 5 heteroatoms. The molecule has 1 aliphatic heterocycles. The third-order valence-corrected chi connectivity index (χ3v) is 4.08. The van der Waals surface area contributed by atoms with E-state index in [1.54, 1.807) is 12.1 Å². The van der Waals surface area contributed by atoms with Crippen LogP contribution in [0, 0.1) is 11.3 Å². The summed E-state index contributed by atoms with van der Waals surface area (Å²) in [6, 6.07) is 6.16. The number of pyridine rings is 1. The summed E-state index contributed by atoms with van der Waals surface area (Å²) in [5.41, 5.74) is 0.893. The zero-order valence-corrected chi connectivity index (χ0v) is 12.9. The zero-order chi connectivity index (χ0) is 15.4. The monoisotopic (exact) mass is 286 g/mol. The van der Waals surface area contributed by atoms with Crippen molar-refractivity contribution >= 4 is 5.91 Å². The van der Waals surface area contributed by atoms with E-state index in [0.29, 0.717) is 23.3 Å². The normalized spacial score (nSPS) is 19.6. The van der Waals surface area contributed by atoms with Crippen molar-refractivity contribution < 1.29 is 4.79 Å². The Kier molecular flexibility index (Phi) is 4.92. The number of amides is 1. The van der Waals surface area contributed by atoms with Crippen LogP contribution in [0.3, 0.4) is 0 Å². The topological polar surface area (TPSA) is 60.2 Å². The first kappa shape index (κ1) is 15.5. The van der Waals surface area contributed by atoms with Crippen molar-refractivity contribution in [2.75, 3.05) is 19.6 Å². The molecule has 1 amide bonds. The van der Waals surface area contributed by atoms with Crippen molar-refractivity contribution in [1.29, 1.82) is 5.26 Å². The first-order chi connectivity index (χ1) is 10.1. The molecule has 2 rings (SSSR count). The average Bonchev–Trinajstić information content (AvgIpc) is 2.53. The summed E-state index contributed by atoms with van der Waals surface area (Å²) in [5, 5.41) is 8.75. The minimum Gasteiger partial charge on any atom is -0.336 e. The minimum atomic E-state index is 0.00819. The van der Waals surface area contributed by atoms with Gasteiger partial charge in [0.25, 0.3) is 5.91 Å². The van der Waals surface area contributed by atoms with Crippen LogP contribution in [0.2, 0.25) is 0 Å². The second-order valence-electron chi connectivity index (χ2n) is 5.69. The van der Waals surface area contributed by atoms with E-state index in [0.717, 1.165) is 26.1 Å². The lowest BCUT2D eigenvalue weighted by atomic mass is 10.1. The Morgan fingerprint density at radius 1 is 1.48 bits per heavy atom. The second kappa shape index (κ2) is 6.68. The molecular formula is C16H22N4O. The van der Waals surface area contributed by atoms with Crippen molar-refractivity contribution in [3.8, 4) is 6.07 Å². The van der Waals surface area contributed by atoms with E-state index >= 15 is 0 Å². The maximum Gasteiger partial charge on any atom is 0.255 e. The van der Waals surface area contributed by atoms with Gasteiger partial charge in [-0.1, -0.05) is 6.92 Å². The highest BCUT2D eigenvalue weighted by molar-refractivity contribution is 5.94. The van der Waals surface area contributed by atoms with Gasteiger partial charge in [0.05, 0.1) is 5.56 Å². The molecule has 112 valence electrons. The molecule has 0 aromatic carbocycles. The standard InChI is InChI=1S/C16H22N4O/c1-4-15-11-19(7-8-20(15)12(2)3)16(21)13-5-6-14(9-17)18-10-13/h5-6,10,12,15H,4,7-8,11H2,1-3H3/t15-/m0/s1. The summed E-state index contributed by atoms with van der Waals surface area (Å²) in [7, 11) is 0. The van der Waals surface area contributed by atoms with Crippen LogP contribution in [-0.4, -0.2) is 52.4 Å². The van der Waals surface area contributed by atoms with Gasteiger partial charge in [0.15, 0.2) is 0 Å². The van der Waals surface area contributed by atoms with Gasteiger partial charge < -0.3 is 4.90 Å². The van der Waals surface area contributed by atoms with Crippen LogP contribution >= 0.6 is 0 Å². The molecule has 2 heterocycles. The first-order valence-corrected chi connectivity index (χ1v) is 7.48. The Morgan fingerprint density at radius 2 is 2.24 bits per heavy atom. The molecule has 0 saturated carbocycles. The third kappa shape index (κ3) is 3.40. The predicted octanol–water partition coefficient (Wildman–Crippen LogP) is 1.90. The van der Waals surface area contributed by atoms with Crippen LogP contribution < -0.4 is 0 Å². The van der Waals surface area contributed by atoms with E-state index in [4.69, 9.17) is 5.26 Å². The Bertz CT molecular complexity index is 532. The molecule has 1 saturated heterocycles. The highest BCUT2D eigenvalue weighted by Gasteiger charge is 2.30. The third-order valence-electron chi connectivity index (χ3n) is 4.08. The van der Waals surface area contributed by atoms with Crippen LogP contribution in [0.5, 0.6) is 0 Å². The largest absolute Gasteiger partial charge is 0.336 e. The van der Waals surface area contributed by atoms with Crippen molar-refractivity contribution in [1.82, 2.24) is 14.8 Å². The Balaban J connectivity index is 2.08. The number of aromatic nitrogens is 1. The lowest BCUT2D eigenvalue weighted by Gasteiger charge is -2.43. The molecule has 5 nitrogen and oxygen atoms in total. The molecular weight excluding hydrogens is 264 g/mol. The van der Waals surface area contributed by atoms with E-state index in [1.165, 1.54) is 6.20 Å². The fourth-order valence-corrected chi connectivity index (χ4v) is 2.87. The van der Waals surface area contributed by atoms with Gasteiger partial charge in [-0.15, -0.1) is 0 Å². The SMILES string of the molecule is CC[C@H]1CN(C(=O)c2ccc(C#N)nc2)CCN1C(C)C. The Hall–Kier alpha value is -1.93. The molecule has 0 aliphatic carbocycles. The molecule has 0 radical (unpaired) electrons. The number of rotatable bonds is 3. The quantitative estimate of drug-likeness (QED) is 0.851. The number of carbonyl (C=O) groups excluding carboxylic acids is 1. The first-order valence-electron chi connectivity index (χ1n) is 7.48. The molecule has 0 N–H and O–H groups in total. The molecule has 1 fully saturated rings. The number of hydrogen-bond donors (Lipinski definition) is 0. The van der Waals surface area contributed by atoms with Crippen molar-refractivity contribution in [2.45, 2.75) is 39.3 Å². The van der Waals surface area contributed by atoms with Gasteiger partial charge in [-0.05, 0) is 32.4 Å². The molecule has 0 bridgehead atoms. The van der Waals surface area contributed by atoms with Crippen LogP contribution in [0.1, 0.15) is 43.2 Å². The van der Waals surface area contributed by atoms with Crippen LogP contribution in [0.4, 0.5) is 0 Å². The smallest absolute Gasteiger partial charge is 0.255 e. The van der Waals surface area contributed by atoms with Crippen molar-refractivity contribution in [3.63, 3.8) is 0 Å². The van der Waals surface area contributed by atoms with E-state index in [1.807, 2.05) is 11.0 Å². The molecule has 0 spiro atoms. The minimum absolute atomic E-state index is 0.00819. The molecule has 21 heavy (non-hydrogen) atoms. The van der Waals surface area contributed by atoms with E-state index in [9.17, 15) is 4.79 Å². The summed E-state index contributed by atoms with van der Waals surface area (Å²) in [4.78, 5) is 20.9. The van der Waals surface area contributed by atoms with Crippen LogP contribution in [-0.2, 0) is 0 Å². The number of carbonyl (C=O) groups is 1. The fraction of sp³-hybridized carbons (Fsp3) is 0.562. The molecule has 1 atom stereocenters.